The molecule has 2 aliphatic rings. The third-order valence-electron chi connectivity index (χ3n) is 10.3. The first kappa shape index (κ1) is 26.7. The summed E-state index contributed by atoms with van der Waals surface area (Å²) in [5.74, 6) is -0.272. The minimum Gasteiger partial charge on any atom is -0.309 e. The first-order chi connectivity index (χ1) is 23.1. The number of halogens is 1. The molecule has 2 nitrogen and oxygen atoms in total. The van der Waals surface area contributed by atoms with E-state index in [9.17, 15) is 4.39 Å². The Morgan fingerprint density at radius 3 is 2.00 bits per heavy atom. The monoisotopic (exact) mass is 623 g/mol. The van der Waals surface area contributed by atoms with Crippen LogP contribution in [0.3, 0.4) is 0 Å². The van der Waals surface area contributed by atoms with Crippen molar-refractivity contribution >= 4 is 44.9 Å². The predicted octanol–water partition coefficient (Wildman–Crippen LogP) is 9.24. The molecule has 2 aliphatic heterocycles. The topological polar surface area (TPSA) is 22.0 Å². The van der Waals surface area contributed by atoms with Gasteiger partial charge in [0.15, 0.2) is 7.14 Å². The largest absolute Gasteiger partial charge is 0.309 e. The minimum absolute atomic E-state index is 0.272. The summed E-state index contributed by atoms with van der Waals surface area (Å²) in [5.41, 5.74) is 8.88. The lowest BCUT2D eigenvalue weighted by atomic mass is 9.62. The van der Waals surface area contributed by atoms with Gasteiger partial charge < -0.3 is 9.13 Å². The molecule has 4 heteroatoms. The number of fused-ring (bicyclic) bond motifs is 11. The second kappa shape index (κ2) is 9.51. The summed E-state index contributed by atoms with van der Waals surface area (Å²) in [6, 6.07) is 55.3. The summed E-state index contributed by atoms with van der Waals surface area (Å²) in [7, 11) is -3.33. The molecule has 7 aromatic carbocycles. The molecule has 0 bridgehead atoms. The number of aromatic nitrogens is 1. The fourth-order valence-electron chi connectivity index (χ4n) is 8.47. The Balaban J connectivity index is 1.44. The van der Waals surface area contributed by atoms with Gasteiger partial charge in [-0.25, -0.2) is 4.39 Å². The average Bonchev–Trinajstić information content (AvgIpc) is 3.48. The van der Waals surface area contributed by atoms with Crippen molar-refractivity contribution in [1.82, 2.24) is 4.57 Å². The molecule has 1 aromatic heterocycles. The predicted molar refractivity (Wildman–Crippen MR) is 191 cm³/mol. The Labute approximate surface area is 271 Å². The van der Waals surface area contributed by atoms with E-state index in [1.165, 1.54) is 22.9 Å². The lowest BCUT2D eigenvalue weighted by Gasteiger charge is -2.47. The second-order valence-corrected chi connectivity index (χ2v) is 15.2. The van der Waals surface area contributed by atoms with Crippen LogP contribution >= 0.6 is 7.14 Å². The normalized spacial score (nSPS) is 19.0. The zero-order valence-corrected chi connectivity index (χ0v) is 26.2. The van der Waals surface area contributed by atoms with Gasteiger partial charge in [-0.05, 0) is 69.8 Å². The van der Waals surface area contributed by atoms with E-state index < -0.39 is 12.6 Å². The van der Waals surface area contributed by atoms with E-state index in [-0.39, 0.29) is 5.82 Å². The van der Waals surface area contributed by atoms with E-state index in [0.717, 1.165) is 66.0 Å². The van der Waals surface area contributed by atoms with Crippen LogP contribution in [-0.2, 0) is 9.98 Å². The van der Waals surface area contributed by atoms with Crippen molar-refractivity contribution in [2.45, 2.75) is 5.41 Å². The SMILES string of the molecule is O=P1(c2ccccc2)c2ccccc2C2(c3ccccc3-n3c4ccccc4c4cccc2c43)c2cc(-c3ccc(F)cc3)ccc21. The number of rotatable bonds is 2. The van der Waals surface area contributed by atoms with E-state index in [1.54, 1.807) is 0 Å². The van der Waals surface area contributed by atoms with Crippen LogP contribution in [0.1, 0.15) is 22.3 Å². The van der Waals surface area contributed by atoms with Crippen molar-refractivity contribution in [3.8, 4) is 16.8 Å². The summed E-state index contributed by atoms with van der Waals surface area (Å²) < 4.78 is 32.6. The first-order valence-corrected chi connectivity index (χ1v) is 17.6. The van der Waals surface area contributed by atoms with E-state index in [1.807, 2.05) is 48.5 Å². The van der Waals surface area contributed by atoms with Crippen molar-refractivity contribution in [1.29, 1.82) is 0 Å². The molecule has 47 heavy (non-hydrogen) atoms. The quantitative estimate of drug-likeness (QED) is 0.176. The van der Waals surface area contributed by atoms with Crippen LogP contribution in [0.25, 0.3) is 38.6 Å². The maximum atomic E-state index is 16.1. The molecule has 0 amide bonds. The highest BCUT2D eigenvalue weighted by Gasteiger charge is 2.54. The number of hydrogen-bond donors (Lipinski definition) is 0. The Kier molecular flexibility index (Phi) is 5.40. The molecule has 0 aliphatic carbocycles. The smallest absolute Gasteiger partial charge is 0.171 e. The van der Waals surface area contributed by atoms with Gasteiger partial charge >= 0.3 is 0 Å². The standard InChI is InChI=1S/C43H27FNOP/c44-30-24-21-28(22-25-30)29-23-26-41-37(27-29)43(35-16-6-9-20-40(35)47(41,46)31-11-2-1-3-12-31)34-15-5-8-19-39(34)45-38-18-7-4-13-32(38)33-14-10-17-36(43)42(33)45/h1-27H. The molecule has 222 valence electrons. The fourth-order valence-corrected chi connectivity index (χ4v) is 11.6. The molecule has 0 fully saturated rings. The number of benzene rings is 7. The number of para-hydroxylation sites is 3. The molecular weight excluding hydrogens is 596 g/mol. The molecule has 3 heterocycles. The Bertz CT molecular complexity index is 2620. The molecule has 0 saturated heterocycles. The van der Waals surface area contributed by atoms with Crippen molar-refractivity contribution < 1.29 is 8.96 Å². The Morgan fingerprint density at radius 2 is 1.15 bits per heavy atom. The van der Waals surface area contributed by atoms with Crippen molar-refractivity contribution in [2.75, 3.05) is 0 Å². The van der Waals surface area contributed by atoms with Crippen molar-refractivity contribution in [2.24, 2.45) is 0 Å². The average molecular weight is 624 g/mol. The van der Waals surface area contributed by atoms with Crippen molar-refractivity contribution in [3.63, 3.8) is 0 Å². The minimum atomic E-state index is -3.33. The van der Waals surface area contributed by atoms with E-state index in [0.29, 0.717) is 0 Å². The van der Waals surface area contributed by atoms with Gasteiger partial charge in [0.1, 0.15) is 5.82 Å². The Morgan fingerprint density at radius 1 is 0.511 bits per heavy atom. The number of hydrogen-bond acceptors (Lipinski definition) is 1. The van der Waals surface area contributed by atoms with Gasteiger partial charge in [-0.1, -0.05) is 127 Å². The highest BCUT2D eigenvalue weighted by atomic mass is 31.2. The van der Waals surface area contributed by atoms with Crippen LogP contribution < -0.4 is 15.9 Å². The molecule has 0 saturated carbocycles. The van der Waals surface area contributed by atoms with Crippen LogP contribution in [0.4, 0.5) is 4.39 Å². The second-order valence-electron chi connectivity index (χ2n) is 12.5. The lowest BCUT2D eigenvalue weighted by molar-refractivity contribution is 0.590. The summed E-state index contributed by atoms with van der Waals surface area (Å²) >= 11 is 0. The van der Waals surface area contributed by atoms with Crippen LogP contribution in [-0.4, -0.2) is 4.57 Å². The first-order valence-electron chi connectivity index (χ1n) is 15.9. The molecule has 1 spiro atoms. The van der Waals surface area contributed by atoms with E-state index in [4.69, 9.17) is 0 Å². The summed E-state index contributed by atoms with van der Waals surface area (Å²) in [5, 5.41) is 4.91. The summed E-state index contributed by atoms with van der Waals surface area (Å²) in [6.07, 6.45) is 0. The molecule has 0 N–H and O–H groups in total. The van der Waals surface area contributed by atoms with Gasteiger partial charge in [0.2, 0.25) is 0 Å². The lowest BCUT2D eigenvalue weighted by Crippen LogP contribution is -2.48. The van der Waals surface area contributed by atoms with Crippen LogP contribution in [0.15, 0.2) is 164 Å². The molecule has 10 rings (SSSR count). The van der Waals surface area contributed by atoms with E-state index >= 15 is 4.57 Å². The molecule has 0 radical (unpaired) electrons. The number of nitrogens with zero attached hydrogens (tertiary/aromatic N) is 1. The maximum Gasteiger partial charge on any atom is 0.171 e. The zero-order valence-electron chi connectivity index (χ0n) is 25.3. The molecule has 8 aromatic rings. The van der Waals surface area contributed by atoms with Crippen LogP contribution in [0.2, 0.25) is 0 Å². The third kappa shape index (κ3) is 3.32. The maximum absolute atomic E-state index is 16.1. The summed E-state index contributed by atoms with van der Waals surface area (Å²) in [6.45, 7) is 0. The highest BCUT2D eigenvalue weighted by Crippen LogP contribution is 2.61. The van der Waals surface area contributed by atoms with Crippen LogP contribution in [0.5, 0.6) is 0 Å². The van der Waals surface area contributed by atoms with Crippen LogP contribution in [0, 0.1) is 5.82 Å². The fraction of sp³-hybridized carbons (Fsp3) is 0.0233. The van der Waals surface area contributed by atoms with Crippen molar-refractivity contribution in [3.05, 3.63) is 192 Å². The Hall–Kier alpha value is -5.50. The van der Waals surface area contributed by atoms with Gasteiger partial charge in [0.25, 0.3) is 0 Å². The molecular formula is C43H27FNOP. The summed E-state index contributed by atoms with van der Waals surface area (Å²) in [4.78, 5) is 0. The van der Waals surface area contributed by atoms with Gasteiger partial charge in [0, 0.05) is 26.7 Å². The molecule has 2 atom stereocenters. The zero-order chi connectivity index (χ0) is 31.3. The van der Waals surface area contributed by atoms with Gasteiger partial charge in [-0.15, -0.1) is 0 Å². The molecule has 2 unspecified atom stereocenters. The highest BCUT2D eigenvalue weighted by molar-refractivity contribution is 7.85. The third-order valence-corrected chi connectivity index (χ3v) is 13.5. The van der Waals surface area contributed by atoms with E-state index in [2.05, 4.69) is 108 Å². The van der Waals surface area contributed by atoms with Gasteiger partial charge in [0.05, 0.1) is 22.1 Å². The van der Waals surface area contributed by atoms with Gasteiger partial charge in [-0.3, -0.25) is 0 Å². The van der Waals surface area contributed by atoms with Gasteiger partial charge in [-0.2, -0.15) is 0 Å².